The standard InChI is InChI=1S/C21H27NO/c1-14-4-5-18(19(6-14)23-13-22)20(2,3)21-10-15-7-16(11-21)9-17(8-15)12-21/h4-6,15-17H,7-12H2,1-3H3. The number of aryl methyl sites for hydroxylation is 1. The van der Waals surface area contributed by atoms with Crippen molar-refractivity contribution in [1.29, 1.82) is 5.26 Å². The lowest BCUT2D eigenvalue weighted by atomic mass is 9.42. The first-order chi connectivity index (χ1) is 10.9. The number of hydrogen-bond acceptors (Lipinski definition) is 2. The molecule has 23 heavy (non-hydrogen) atoms. The highest BCUT2D eigenvalue weighted by atomic mass is 16.5. The summed E-state index contributed by atoms with van der Waals surface area (Å²) in [7, 11) is 0. The molecule has 5 rings (SSSR count). The smallest absolute Gasteiger partial charge is 0.292 e. The molecule has 0 unspecified atom stereocenters. The first-order valence-electron chi connectivity index (χ1n) is 9.10. The largest absolute Gasteiger partial charge is 0.388 e. The molecule has 4 aliphatic carbocycles. The quantitative estimate of drug-likeness (QED) is 0.705. The van der Waals surface area contributed by atoms with Crippen LogP contribution in [0, 0.1) is 41.6 Å². The summed E-state index contributed by atoms with van der Waals surface area (Å²) < 4.78 is 5.37. The van der Waals surface area contributed by atoms with E-state index in [1.54, 1.807) is 0 Å². The van der Waals surface area contributed by atoms with Gasteiger partial charge in [-0.05, 0) is 85.7 Å². The minimum Gasteiger partial charge on any atom is -0.388 e. The van der Waals surface area contributed by atoms with Gasteiger partial charge in [-0.25, -0.2) is 0 Å². The fourth-order valence-electron chi connectivity index (χ4n) is 6.44. The maximum Gasteiger partial charge on any atom is 0.292 e. The SMILES string of the molecule is Cc1ccc(C(C)(C)C23CC4CC(CC(C4)C2)C3)c(OC#N)c1. The number of nitriles is 1. The molecule has 0 radical (unpaired) electrons. The van der Waals surface area contributed by atoms with Crippen LogP contribution in [-0.4, -0.2) is 0 Å². The minimum atomic E-state index is 0.0584. The molecule has 2 nitrogen and oxygen atoms in total. The Morgan fingerprint density at radius 2 is 1.65 bits per heavy atom. The molecule has 0 saturated heterocycles. The van der Waals surface area contributed by atoms with Crippen LogP contribution in [0.2, 0.25) is 0 Å². The van der Waals surface area contributed by atoms with E-state index in [1.165, 1.54) is 44.1 Å². The van der Waals surface area contributed by atoms with Crippen molar-refractivity contribution in [2.24, 2.45) is 23.2 Å². The Morgan fingerprint density at radius 1 is 1.09 bits per heavy atom. The zero-order chi connectivity index (χ0) is 16.2. The summed E-state index contributed by atoms with van der Waals surface area (Å²) in [6.45, 7) is 6.86. The molecule has 4 saturated carbocycles. The summed E-state index contributed by atoms with van der Waals surface area (Å²) in [6, 6.07) is 6.41. The fourth-order valence-corrected chi connectivity index (χ4v) is 6.44. The van der Waals surface area contributed by atoms with Gasteiger partial charge in [-0.2, -0.15) is 0 Å². The van der Waals surface area contributed by atoms with E-state index >= 15 is 0 Å². The van der Waals surface area contributed by atoms with E-state index in [9.17, 15) is 0 Å². The Bertz CT molecular complexity index is 632. The Balaban J connectivity index is 1.77. The number of hydrogen-bond donors (Lipinski definition) is 0. The van der Waals surface area contributed by atoms with Crippen molar-refractivity contribution in [3.63, 3.8) is 0 Å². The lowest BCUT2D eigenvalue weighted by Gasteiger charge is -2.62. The molecule has 0 atom stereocenters. The Hall–Kier alpha value is -1.49. The Kier molecular flexibility index (Phi) is 3.28. The van der Waals surface area contributed by atoms with Crippen LogP contribution in [0.3, 0.4) is 0 Å². The van der Waals surface area contributed by atoms with E-state index in [0.717, 1.165) is 29.1 Å². The monoisotopic (exact) mass is 309 g/mol. The average molecular weight is 309 g/mol. The molecule has 4 aliphatic rings. The van der Waals surface area contributed by atoms with Crippen LogP contribution in [0.5, 0.6) is 5.75 Å². The number of rotatable bonds is 3. The van der Waals surface area contributed by atoms with Gasteiger partial charge < -0.3 is 4.74 Å². The van der Waals surface area contributed by atoms with E-state index in [2.05, 4.69) is 32.9 Å². The van der Waals surface area contributed by atoms with Gasteiger partial charge in [0.1, 0.15) is 5.75 Å². The van der Waals surface area contributed by atoms with Crippen LogP contribution in [0.4, 0.5) is 0 Å². The topological polar surface area (TPSA) is 33.0 Å². The molecule has 0 amide bonds. The molecule has 0 heterocycles. The number of benzene rings is 1. The third kappa shape index (κ3) is 2.20. The van der Waals surface area contributed by atoms with E-state index < -0.39 is 0 Å². The van der Waals surface area contributed by atoms with Crippen molar-refractivity contribution in [1.82, 2.24) is 0 Å². The molecular weight excluding hydrogens is 282 g/mol. The van der Waals surface area contributed by atoms with Crippen LogP contribution in [0.1, 0.15) is 63.5 Å². The van der Waals surface area contributed by atoms with Gasteiger partial charge in [-0.3, -0.25) is 0 Å². The predicted octanol–water partition coefficient (Wildman–Crippen LogP) is 5.35. The van der Waals surface area contributed by atoms with Crippen LogP contribution >= 0.6 is 0 Å². The lowest BCUT2D eigenvalue weighted by Crippen LogP contribution is -2.54. The molecule has 4 bridgehead atoms. The van der Waals surface area contributed by atoms with Gasteiger partial charge in [-0.15, -0.1) is 5.26 Å². The molecule has 122 valence electrons. The Morgan fingerprint density at radius 3 is 2.17 bits per heavy atom. The van der Waals surface area contributed by atoms with Crippen LogP contribution in [0.25, 0.3) is 0 Å². The van der Waals surface area contributed by atoms with Crippen LogP contribution in [-0.2, 0) is 5.41 Å². The summed E-state index contributed by atoms with van der Waals surface area (Å²) in [5.41, 5.74) is 2.83. The van der Waals surface area contributed by atoms with Crippen molar-refractivity contribution in [3.05, 3.63) is 29.3 Å². The van der Waals surface area contributed by atoms with E-state index in [1.807, 2.05) is 12.3 Å². The van der Waals surface area contributed by atoms with Gasteiger partial charge in [0.15, 0.2) is 0 Å². The number of nitrogens with zero attached hydrogens (tertiary/aromatic N) is 1. The van der Waals surface area contributed by atoms with Gasteiger partial charge in [0.2, 0.25) is 0 Å². The first-order valence-corrected chi connectivity index (χ1v) is 9.10. The van der Waals surface area contributed by atoms with Crippen molar-refractivity contribution >= 4 is 0 Å². The van der Waals surface area contributed by atoms with Crippen molar-refractivity contribution < 1.29 is 4.74 Å². The molecule has 4 fully saturated rings. The highest BCUT2D eigenvalue weighted by molar-refractivity contribution is 5.44. The summed E-state index contributed by atoms with van der Waals surface area (Å²) in [6.07, 6.45) is 10.4. The van der Waals surface area contributed by atoms with Gasteiger partial charge in [0, 0.05) is 5.56 Å². The molecule has 0 aliphatic heterocycles. The van der Waals surface area contributed by atoms with Gasteiger partial charge in [0.25, 0.3) is 6.26 Å². The molecule has 2 heteroatoms. The van der Waals surface area contributed by atoms with Crippen molar-refractivity contribution in [2.75, 3.05) is 0 Å². The number of ether oxygens (including phenoxy) is 1. The minimum absolute atomic E-state index is 0.0584. The van der Waals surface area contributed by atoms with Crippen LogP contribution in [0.15, 0.2) is 18.2 Å². The zero-order valence-corrected chi connectivity index (χ0v) is 14.6. The normalized spacial score (nSPS) is 35.1. The second kappa shape index (κ2) is 5.00. The average Bonchev–Trinajstić information content (AvgIpc) is 2.45. The maximum absolute atomic E-state index is 9.06. The summed E-state index contributed by atoms with van der Waals surface area (Å²) in [4.78, 5) is 0. The molecular formula is C21H27NO. The second-order valence-electron chi connectivity index (χ2n) is 9.02. The summed E-state index contributed by atoms with van der Waals surface area (Å²) in [5.74, 6) is 3.58. The maximum atomic E-state index is 9.06. The second-order valence-corrected chi connectivity index (χ2v) is 9.02. The molecule has 1 aromatic carbocycles. The summed E-state index contributed by atoms with van der Waals surface area (Å²) >= 11 is 0. The van der Waals surface area contributed by atoms with Gasteiger partial charge >= 0.3 is 0 Å². The predicted molar refractivity (Wildman–Crippen MR) is 91.1 cm³/mol. The fraction of sp³-hybridized carbons (Fsp3) is 0.667. The van der Waals surface area contributed by atoms with Crippen LogP contribution < -0.4 is 4.74 Å². The Labute approximate surface area is 139 Å². The van der Waals surface area contributed by atoms with Crippen molar-refractivity contribution in [2.45, 2.75) is 64.7 Å². The zero-order valence-electron chi connectivity index (χ0n) is 14.6. The molecule has 0 spiro atoms. The first kappa shape index (κ1) is 15.1. The van der Waals surface area contributed by atoms with E-state index in [4.69, 9.17) is 10.00 Å². The summed E-state index contributed by atoms with van der Waals surface area (Å²) in [5, 5.41) is 9.06. The highest BCUT2D eigenvalue weighted by Gasteiger charge is 2.57. The third-order valence-electron chi connectivity index (χ3n) is 7.33. The highest BCUT2D eigenvalue weighted by Crippen LogP contribution is 2.66. The van der Waals surface area contributed by atoms with E-state index in [0.29, 0.717) is 5.41 Å². The lowest BCUT2D eigenvalue weighted by molar-refractivity contribution is -0.0922. The van der Waals surface area contributed by atoms with Crippen molar-refractivity contribution in [3.8, 4) is 12.0 Å². The molecule has 0 aromatic heterocycles. The van der Waals surface area contributed by atoms with Gasteiger partial charge in [-0.1, -0.05) is 26.0 Å². The molecule has 0 N–H and O–H groups in total. The van der Waals surface area contributed by atoms with Gasteiger partial charge in [0.05, 0.1) is 0 Å². The molecule has 1 aromatic rings. The van der Waals surface area contributed by atoms with E-state index in [-0.39, 0.29) is 5.41 Å². The third-order valence-corrected chi connectivity index (χ3v) is 7.33.